The summed E-state index contributed by atoms with van der Waals surface area (Å²) < 4.78 is 15.2. The van der Waals surface area contributed by atoms with Crippen LogP contribution in [-0.4, -0.2) is 38.7 Å². The molecular weight excluding hydrogens is 298 g/mol. The third-order valence-electron chi connectivity index (χ3n) is 3.87. The van der Waals surface area contributed by atoms with Crippen molar-refractivity contribution in [1.82, 2.24) is 5.32 Å². The summed E-state index contributed by atoms with van der Waals surface area (Å²) in [5, 5.41) is 2.74. The van der Waals surface area contributed by atoms with Gasteiger partial charge in [-0.05, 0) is 43.5 Å². The fourth-order valence-corrected chi connectivity index (χ4v) is 2.20. The van der Waals surface area contributed by atoms with Crippen molar-refractivity contribution in [2.24, 2.45) is 0 Å². The number of hydrogen-bond acceptors (Lipinski definition) is 5. The molecule has 23 heavy (non-hydrogen) atoms. The van der Waals surface area contributed by atoms with Crippen molar-refractivity contribution in [2.45, 2.75) is 38.6 Å². The van der Waals surface area contributed by atoms with Crippen LogP contribution in [0, 0.1) is 0 Å². The van der Waals surface area contributed by atoms with Gasteiger partial charge in [0, 0.05) is 6.42 Å². The molecule has 0 saturated heterocycles. The zero-order valence-corrected chi connectivity index (χ0v) is 14.4. The smallest absolute Gasteiger partial charge is 0.331 e. The molecule has 0 fully saturated rings. The van der Waals surface area contributed by atoms with Gasteiger partial charge in [0.15, 0.2) is 0 Å². The number of carbonyl (C=O) groups excluding carboxylic acids is 2. The monoisotopic (exact) mass is 323 g/mol. The summed E-state index contributed by atoms with van der Waals surface area (Å²) in [6, 6.07) is 5.44. The van der Waals surface area contributed by atoms with Crippen molar-refractivity contribution in [3.8, 4) is 11.5 Å². The Labute approximate surface area is 137 Å². The summed E-state index contributed by atoms with van der Waals surface area (Å²) in [4.78, 5) is 24.0. The van der Waals surface area contributed by atoms with E-state index in [0.717, 1.165) is 5.56 Å². The van der Waals surface area contributed by atoms with Crippen molar-refractivity contribution >= 4 is 11.9 Å². The number of methoxy groups -OCH3 is 3. The van der Waals surface area contributed by atoms with Gasteiger partial charge in [0.05, 0.1) is 21.3 Å². The van der Waals surface area contributed by atoms with Crippen molar-refractivity contribution in [3.63, 3.8) is 0 Å². The van der Waals surface area contributed by atoms with Crippen LogP contribution in [0.15, 0.2) is 18.2 Å². The van der Waals surface area contributed by atoms with Gasteiger partial charge in [-0.3, -0.25) is 4.79 Å². The normalized spacial score (nSPS) is 12.9. The first kappa shape index (κ1) is 18.8. The Morgan fingerprint density at radius 2 is 1.87 bits per heavy atom. The highest BCUT2D eigenvalue weighted by molar-refractivity contribution is 5.87. The van der Waals surface area contributed by atoms with Crippen LogP contribution in [0.4, 0.5) is 0 Å². The van der Waals surface area contributed by atoms with Gasteiger partial charge < -0.3 is 19.5 Å². The first-order valence-corrected chi connectivity index (χ1v) is 7.50. The molecule has 6 heteroatoms. The number of benzene rings is 1. The molecule has 0 radical (unpaired) electrons. The molecular formula is C17H25NO5. The highest BCUT2D eigenvalue weighted by atomic mass is 16.5. The molecule has 1 aromatic carbocycles. The SMILES string of the molecule is CCC(C)(NC(=O)CCc1cc(OC)ccc1OC)C(=O)OC. The zero-order chi connectivity index (χ0) is 17.5. The van der Waals surface area contributed by atoms with E-state index in [4.69, 9.17) is 14.2 Å². The molecule has 1 amide bonds. The van der Waals surface area contributed by atoms with Gasteiger partial charge in [-0.25, -0.2) is 4.79 Å². The predicted octanol–water partition coefficient (Wildman–Crippen LogP) is 2.09. The molecule has 1 N–H and O–H groups in total. The van der Waals surface area contributed by atoms with Crippen LogP contribution < -0.4 is 14.8 Å². The second-order valence-electron chi connectivity index (χ2n) is 5.40. The number of rotatable bonds is 8. The fourth-order valence-electron chi connectivity index (χ4n) is 2.20. The first-order valence-electron chi connectivity index (χ1n) is 7.50. The summed E-state index contributed by atoms with van der Waals surface area (Å²) in [5.74, 6) is 0.732. The third kappa shape index (κ3) is 4.87. The Balaban J connectivity index is 2.74. The van der Waals surface area contributed by atoms with Crippen LogP contribution in [0.2, 0.25) is 0 Å². The molecule has 1 atom stereocenters. The van der Waals surface area contributed by atoms with Crippen LogP contribution in [0.5, 0.6) is 11.5 Å². The summed E-state index contributed by atoms with van der Waals surface area (Å²) in [6.07, 6.45) is 1.16. The number of amides is 1. The highest BCUT2D eigenvalue weighted by Crippen LogP contribution is 2.25. The molecule has 1 unspecified atom stereocenters. The van der Waals surface area contributed by atoms with E-state index in [9.17, 15) is 9.59 Å². The summed E-state index contributed by atoms with van der Waals surface area (Å²) >= 11 is 0. The molecule has 0 aromatic heterocycles. The van der Waals surface area contributed by atoms with Gasteiger partial charge in [0.2, 0.25) is 5.91 Å². The minimum absolute atomic E-state index is 0.218. The molecule has 1 rings (SSSR count). The van der Waals surface area contributed by atoms with Crippen LogP contribution in [0.25, 0.3) is 0 Å². The van der Waals surface area contributed by atoms with E-state index in [-0.39, 0.29) is 12.3 Å². The third-order valence-corrected chi connectivity index (χ3v) is 3.87. The lowest BCUT2D eigenvalue weighted by Crippen LogP contribution is -2.52. The minimum Gasteiger partial charge on any atom is -0.497 e. The number of carbonyl (C=O) groups is 2. The Morgan fingerprint density at radius 1 is 1.17 bits per heavy atom. The van der Waals surface area contributed by atoms with Crippen molar-refractivity contribution in [3.05, 3.63) is 23.8 Å². The maximum absolute atomic E-state index is 12.2. The molecule has 0 aliphatic carbocycles. The molecule has 0 spiro atoms. The summed E-state index contributed by atoms with van der Waals surface area (Å²) in [6.45, 7) is 3.48. The van der Waals surface area contributed by atoms with Gasteiger partial charge in [-0.15, -0.1) is 0 Å². The number of hydrogen-bond donors (Lipinski definition) is 1. The van der Waals surface area contributed by atoms with Crippen molar-refractivity contribution < 1.29 is 23.8 Å². The lowest BCUT2D eigenvalue weighted by molar-refractivity contribution is -0.150. The molecule has 0 bridgehead atoms. The van der Waals surface area contributed by atoms with Gasteiger partial charge in [0.1, 0.15) is 17.0 Å². The van der Waals surface area contributed by atoms with Crippen molar-refractivity contribution in [1.29, 1.82) is 0 Å². The van der Waals surface area contributed by atoms with Crippen LogP contribution >= 0.6 is 0 Å². The fraction of sp³-hybridized carbons (Fsp3) is 0.529. The minimum atomic E-state index is -1.01. The number of nitrogens with one attached hydrogen (secondary N) is 1. The number of esters is 1. The lowest BCUT2D eigenvalue weighted by Gasteiger charge is -2.26. The van der Waals surface area contributed by atoms with Gasteiger partial charge in [-0.2, -0.15) is 0 Å². The Hall–Kier alpha value is -2.24. The summed E-state index contributed by atoms with van der Waals surface area (Å²) in [5.41, 5.74) is -0.136. The van der Waals surface area contributed by atoms with E-state index in [1.807, 2.05) is 13.0 Å². The Kier molecular flexibility index (Phi) is 6.88. The van der Waals surface area contributed by atoms with E-state index in [2.05, 4.69) is 5.32 Å². The largest absolute Gasteiger partial charge is 0.497 e. The first-order chi connectivity index (χ1) is 10.9. The van der Waals surface area contributed by atoms with Gasteiger partial charge in [0.25, 0.3) is 0 Å². The molecule has 1 aromatic rings. The van der Waals surface area contributed by atoms with E-state index in [1.165, 1.54) is 7.11 Å². The average Bonchev–Trinajstić information content (AvgIpc) is 2.58. The second kappa shape index (κ2) is 8.41. The van der Waals surface area contributed by atoms with Crippen LogP contribution in [0.3, 0.4) is 0 Å². The number of aryl methyl sites for hydroxylation is 1. The van der Waals surface area contributed by atoms with Gasteiger partial charge in [-0.1, -0.05) is 6.92 Å². The molecule has 6 nitrogen and oxygen atoms in total. The standard InChI is InChI=1S/C17H25NO5/c1-6-17(2,16(20)23-5)18-15(19)10-7-12-11-13(21-3)8-9-14(12)22-4/h8-9,11H,6-7,10H2,1-5H3,(H,18,19). The molecule has 0 saturated carbocycles. The molecule has 0 aliphatic rings. The Bertz CT molecular complexity index is 558. The summed E-state index contributed by atoms with van der Waals surface area (Å²) in [7, 11) is 4.47. The van der Waals surface area contributed by atoms with E-state index < -0.39 is 11.5 Å². The topological polar surface area (TPSA) is 73.9 Å². The highest BCUT2D eigenvalue weighted by Gasteiger charge is 2.33. The predicted molar refractivity (Wildman–Crippen MR) is 86.7 cm³/mol. The van der Waals surface area contributed by atoms with Crippen LogP contribution in [0.1, 0.15) is 32.3 Å². The Morgan fingerprint density at radius 3 is 2.39 bits per heavy atom. The second-order valence-corrected chi connectivity index (χ2v) is 5.40. The van der Waals surface area contributed by atoms with Crippen molar-refractivity contribution in [2.75, 3.05) is 21.3 Å². The molecule has 0 aliphatic heterocycles. The van der Waals surface area contributed by atoms with E-state index in [0.29, 0.717) is 24.3 Å². The van der Waals surface area contributed by atoms with Crippen LogP contribution in [-0.2, 0) is 20.7 Å². The maximum atomic E-state index is 12.2. The van der Waals surface area contributed by atoms with E-state index >= 15 is 0 Å². The molecule has 0 heterocycles. The zero-order valence-electron chi connectivity index (χ0n) is 14.4. The maximum Gasteiger partial charge on any atom is 0.331 e. The van der Waals surface area contributed by atoms with E-state index in [1.54, 1.807) is 33.3 Å². The average molecular weight is 323 g/mol. The lowest BCUT2D eigenvalue weighted by atomic mass is 9.98. The molecule has 128 valence electrons. The quantitative estimate of drug-likeness (QED) is 0.742. The van der Waals surface area contributed by atoms with Gasteiger partial charge >= 0.3 is 5.97 Å². The number of ether oxygens (including phenoxy) is 3.